The molecule has 0 radical (unpaired) electrons. The number of aliphatic hydroxyl groups excluding tert-OH is 1. The molecule has 3 heterocycles. The molecular formula is C25H32N4O8S3. The highest BCUT2D eigenvalue weighted by Gasteiger charge is 2.44. The van der Waals surface area contributed by atoms with Gasteiger partial charge in [0.05, 0.1) is 32.2 Å². The summed E-state index contributed by atoms with van der Waals surface area (Å²) in [5.74, 6) is 0.337. The monoisotopic (exact) mass is 612 g/mol. The van der Waals surface area contributed by atoms with Crippen LogP contribution in [0.2, 0.25) is 0 Å². The molecular weight excluding hydrogens is 580 g/mol. The fourth-order valence-electron chi connectivity index (χ4n) is 5.10. The van der Waals surface area contributed by atoms with Crippen molar-refractivity contribution < 1.29 is 31.4 Å². The lowest BCUT2D eigenvalue weighted by atomic mass is 9.88. The molecule has 0 amide bonds. The van der Waals surface area contributed by atoms with E-state index in [1.807, 2.05) is 0 Å². The van der Waals surface area contributed by atoms with Crippen LogP contribution in [-0.2, 0) is 24.8 Å². The fourth-order valence-corrected chi connectivity index (χ4v) is 8.18. The van der Waals surface area contributed by atoms with Gasteiger partial charge in [0.1, 0.15) is 18.5 Å². The highest BCUT2D eigenvalue weighted by Crippen LogP contribution is 2.37. The number of ether oxygens (including phenoxy) is 2. The second kappa shape index (κ2) is 11.5. The van der Waals surface area contributed by atoms with E-state index in [1.54, 1.807) is 24.3 Å². The number of aromatic amines is 1. The topological polar surface area (TPSA) is 167 Å². The van der Waals surface area contributed by atoms with Crippen molar-refractivity contribution in [3.05, 3.63) is 52.1 Å². The van der Waals surface area contributed by atoms with E-state index in [1.165, 1.54) is 29.6 Å². The molecule has 12 nitrogen and oxygen atoms in total. The van der Waals surface area contributed by atoms with Crippen molar-refractivity contribution in [1.82, 2.24) is 19.3 Å². The molecule has 5 rings (SSSR count). The molecule has 1 unspecified atom stereocenters. The third-order valence-corrected chi connectivity index (χ3v) is 11.5. The van der Waals surface area contributed by atoms with Crippen LogP contribution < -0.4 is 19.6 Å². The van der Waals surface area contributed by atoms with Crippen molar-refractivity contribution in [3.8, 4) is 5.75 Å². The highest BCUT2D eigenvalue weighted by atomic mass is 32.2. The fraction of sp³-hybridized carbons (Fsp3) is 0.480. The third-order valence-electron chi connectivity index (χ3n) is 7.34. The van der Waals surface area contributed by atoms with Crippen molar-refractivity contribution in [3.63, 3.8) is 0 Å². The van der Waals surface area contributed by atoms with Gasteiger partial charge in [-0.15, -0.1) is 0 Å². The van der Waals surface area contributed by atoms with Gasteiger partial charge in [0, 0.05) is 31.7 Å². The first-order valence-corrected chi connectivity index (χ1v) is 16.6. The summed E-state index contributed by atoms with van der Waals surface area (Å²) in [7, 11) is -5.96. The first-order valence-electron chi connectivity index (χ1n) is 12.8. The van der Waals surface area contributed by atoms with Gasteiger partial charge < -0.3 is 24.9 Å². The second-order valence-corrected chi connectivity index (χ2v) is 14.9. The van der Waals surface area contributed by atoms with Crippen molar-refractivity contribution in [1.29, 1.82) is 0 Å². The van der Waals surface area contributed by atoms with E-state index in [2.05, 4.69) is 15.0 Å². The lowest BCUT2D eigenvalue weighted by Crippen LogP contribution is -2.47. The van der Waals surface area contributed by atoms with Gasteiger partial charge in [-0.05, 0) is 56.6 Å². The number of piperidine rings is 1. The summed E-state index contributed by atoms with van der Waals surface area (Å²) in [5.41, 5.74) is 0.199. The number of benzene rings is 2. The molecule has 0 aliphatic carbocycles. The maximum Gasteiger partial charge on any atom is 0.305 e. The lowest BCUT2D eigenvalue weighted by molar-refractivity contribution is -0.0312. The number of aliphatic hydroxyl groups is 1. The first kappa shape index (κ1) is 29.1. The molecule has 2 fully saturated rings. The zero-order valence-electron chi connectivity index (χ0n) is 21.8. The smallest absolute Gasteiger partial charge is 0.305 e. The minimum absolute atomic E-state index is 0.000629. The van der Waals surface area contributed by atoms with Crippen molar-refractivity contribution in [2.75, 3.05) is 39.9 Å². The number of aromatic nitrogens is 1. The zero-order chi connectivity index (χ0) is 28.5. The Morgan fingerprint density at radius 3 is 2.70 bits per heavy atom. The summed E-state index contributed by atoms with van der Waals surface area (Å²) >= 11 is 0.984. The number of H-pyrrole nitrogens is 1. The third kappa shape index (κ3) is 6.26. The van der Waals surface area contributed by atoms with Crippen LogP contribution in [0.1, 0.15) is 19.3 Å². The zero-order valence-corrected chi connectivity index (χ0v) is 24.3. The molecule has 1 spiro atoms. The number of hydrogen-bond donors (Lipinski definition) is 4. The summed E-state index contributed by atoms with van der Waals surface area (Å²) in [6, 6.07) is 10.7. The van der Waals surface area contributed by atoms with Crippen molar-refractivity contribution in [2.45, 2.75) is 46.8 Å². The maximum atomic E-state index is 13.2. The van der Waals surface area contributed by atoms with Crippen LogP contribution in [0.15, 0.2) is 57.1 Å². The molecule has 2 atom stereocenters. The molecule has 2 aliphatic heterocycles. The van der Waals surface area contributed by atoms with Crippen LogP contribution in [0, 0.1) is 0 Å². The molecule has 0 bridgehead atoms. The average Bonchev–Trinajstić information content (AvgIpc) is 3.52. The maximum absolute atomic E-state index is 13.2. The quantitative estimate of drug-likeness (QED) is 0.259. The summed E-state index contributed by atoms with van der Waals surface area (Å²) in [6.45, 7) is 1.34. The molecule has 4 N–H and O–H groups in total. The lowest BCUT2D eigenvalue weighted by Gasteiger charge is -2.38. The molecule has 2 saturated heterocycles. The van der Waals surface area contributed by atoms with Gasteiger partial charge in [-0.3, -0.25) is 4.79 Å². The van der Waals surface area contributed by atoms with Crippen LogP contribution in [0.3, 0.4) is 0 Å². The predicted octanol–water partition coefficient (Wildman–Crippen LogP) is 0.839. The molecule has 15 heteroatoms. The second-order valence-electron chi connectivity index (χ2n) is 10.0. The predicted molar refractivity (Wildman–Crippen MR) is 150 cm³/mol. The van der Waals surface area contributed by atoms with E-state index in [-0.39, 0.29) is 33.9 Å². The van der Waals surface area contributed by atoms with E-state index in [0.29, 0.717) is 54.9 Å². The van der Waals surface area contributed by atoms with E-state index in [0.717, 1.165) is 11.3 Å². The van der Waals surface area contributed by atoms with Crippen LogP contribution in [0.5, 0.6) is 5.75 Å². The molecule has 3 aromatic rings. The summed E-state index contributed by atoms with van der Waals surface area (Å²) in [6.07, 6.45) is 0.981. The number of nitrogens with one attached hydrogen (secondary N) is 3. The summed E-state index contributed by atoms with van der Waals surface area (Å²) in [5, 5.41) is 13.7. The average molecular weight is 613 g/mol. The van der Waals surface area contributed by atoms with E-state index in [9.17, 15) is 26.7 Å². The molecule has 0 saturated carbocycles. The Bertz CT molecular complexity index is 1630. The Balaban J connectivity index is 1.09. The number of nitrogens with zero attached hydrogens (tertiary/aromatic N) is 1. The SMILES string of the molecule is CNS(=O)(=O)c1cccc(OC[C@@H](O)CNC2COC3(CCN(S(=O)(=O)c4ccc5[nH]c(=O)sc5c4)CC3)C2)c1. The largest absolute Gasteiger partial charge is 0.491 e. The summed E-state index contributed by atoms with van der Waals surface area (Å²) < 4.78 is 66.5. The number of hydrogen-bond acceptors (Lipinski definition) is 10. The van der Waals surface area contributed by atoms with Crippen LogP contribution in [-0.4, -0.2) is 88.9 Å². The van der Waals surface area contributed by atoms with Crippen LogP contribution in [0.4, 0.5) is 0 Å². The van der Waals surface area contributed by atoms with Gasteiger partial charge >= 0.3 is 4.87 Å². The number of fused-ring (bicyclic) bond motifs is 1. The number of thiazole rings is 1. The van der Waals surface area contributed by atoms with Crippen molar-refractivity contribution >= 4 is 41.6 Å². The molecule has 40 heavy (non-hydrogen) atoms. The highest BCUT2D eigenvalue weighted by molar-refractivity contribution is 7.89. The van der Waals surface area contributed by atoms with E-state index in [4.69, 9.17) is 9.47 Å². The van der Waals surface area contributed by atoms with E-state index >= 15 is 0 Å². The minimum Gasteiger partial charge on any atom is -0.491 e. The van der Waals surface area contributed by atoms with Gasteiger partial charge in [-0.1, -0.05) is 17.4 Å². The van der Waals surface area contributed by atoms with Gasteiger partial charge in [-0.25, -0.2) is 21.6 Å². The Morgan fingerprint density at radius 2 is 1.95 bits per heavy atom. The van der Waals surface area contributed by atoms with Gasteiger partial charge in [0.2, 0.25) is 20.0 Å². The van der Waals surface area contributed by atoms with Crippen LogP contribution >= 0.6 is 11.3 Å². The van der Waals surface area contributed by atoms with Gasteiger partial charge in [0.25, 0.3) is 0 Å². The molecule has 1 aromatic heterocycles. The van der Waals surface area contributed by atoms with Gasteiger partial charge in [-0.2, -0.15) is 4.31 Å². The Kier molecular flexibility index (Phi) is 8.37. The van der Waals surface area contributed by atoms with E-state index < -0.39 is 31.8 Å². The molecule has 2 aromatic carbocycles. The van der Waals surface area contributed by atoms with Crippen LogP contribution in [0.25, 0.3) is 10.2 Å². The Labute approximate surface area is 236 Å². The minimum atomic E-state index is -3.70. The number of sulfonamides is 2. The standard InChI is InChI=1S/C25H32N4O8S3/c1-26-39(32,33)20-4-2-3-19(11-20)36-16-18(30)14-27-17-13-25(37-15-17)7-9-29(10-8-25)40(34,35)21-5-6-22-23(12-21)38-24(31)28-22/h2-6,11-12,17-18,26-27,30H,7-10,13-16H2,1H3,(H,28,31)/t17?,18-/m0/s1. The first-order chi connectivity index (χ1) is 19.0. The Morgan fingerprint density at radius 1 is 1.18 bits per heavy atom. The summed E-state index contributed by atoms with van der Waals surface area (Å²) in [4.78, 5) is 14.3. The normalized spacial score (nSPS) is 20.7. The number of rotatable bonds is 10. The Hall–Kier alpha value is -2.37. The van der Waals surface area contributed by atoms with Crippen molar-refractivity contribution in [2.24, 2.45) is 0 Å². The molecule has 2 aliphatic rings. The van der Waals surface area contributed by atoms with Gasteiger partial charge in [0.15, 0.2) is 0 Å². The molecule has 218 valence electrons.